The molecule has 2 aliphatic heterocycles. The first-order chi connectivity index (χ1) is 11.7. The minimum absolute atomic E-state index is 0. The number of hydrogen-bond acceptors (Lipinski definition) is 4. The van der Waals surface area contributed by atoms with Crippen molar-refractivity contribution < 1.29 is 9.53 Å². The quantitative estimate of drug-likeness (QED) is 0.205. The van der Waals surface area contributed by atoms with Gasteiger partial charge >= 0.3 is 5.97 Å². The van der Waals surface area contributed by atoms with Crippen molar-refractivity contribution in [3.63, 3.8) is 0 Å². The molecular formula is C18H35IN4O2. The van der Waals surface area contributed by atoms with Crippen LogP contribution in [0.1, 0.15) is 39.5 Å². The third kappa shape index (κ3) is 6.92. The summed E-state index contributed by atoms with van der Waals surface area (Å²) >= 11 is 0. The fraction of sp³-hybridized carbons (Fsp3) is 0.889. The van der Waals surface area contributed by atoms with Gasteiger partial charge in [0, 0.05) is 26.2 Å². The number of guanidine groups is 1. The number of unbranched alkanes of at least 4 members (excludes halogenated alkanes) is 1. The molecule has 2 rings (SSSR count). The summed E-state index contributed by atoms with van der Waals surface area (Å²) in [4.78, 5) is 21.4. The molecule has 25 heavy (non-hydrogen) atoms. The standard InChI is InChI=1S/C18H34N4O2.HI/c1-4-19-18(20-9-5-6-10-21-11-7-8-12-21)22-13-15(2)16(14-22)17(23)24-3;/h15-16H,4-14H2,1-3H3,(H,19,20);1H. The van der Waals surface area contributed by atoms with Crippen LogP contribution >= 0.6 is 24.0 Å². The molecule has 6 nitrogen and oxygen atoms in total. The summed E-state index contributed by atoms with van der Waals surface area (Å²) in [5, 5.41) is 3.37. The van der Waals surface area contributed by atoms with Gasteiger partial charge in [-0.3, -0.25) is 9.79 Å². The number of ether oxygens (including phenoxy) is 1. The highest BCUT2D eigenvalue weighted by Gasteiger charge is 2.36. The second-order valence-electron chi connectivity index (χ2n) is 7.00. The minimum Gasteiger partial charge on any atom is -0.469 e. The first-order valence-electron chi connectivity index (χ1n) is 9.49. The summed E-state index contributed by atoms with van der Waals surface area (Å²) in [6.07, 6.45) is 5.05. The second-order valence-corrected chi connectivity index (χ2v) is 7.00. The zero-order valence-corrected chi connectivity index (χ0v) is 18.3. The number of methoxy groups -OCH3 is 1. The molecule has 0 aliphatic carbocycles. The fourth-order valence-corrected chi connectivity index (χ4v) is 3.66. The van der Waals surface area contributed by atoms with Gasteiger partial charge < -0.3 is 19.9 Å². The molecule has 2 saturated heterocycles. The molecule has 0 saturated carbocycles. The molecular weight excluding hydrogens is 431 g/mol. The number of hydrogen-bond donors (Lipinski definition) is 1. The molecule has 2 aliphatic rings. The van der Waals surface area contributed by atoms with Crippen LogP contribution in [0.4, 0.5) is 0 Å². The summed E-state index contributed by atoms with van der Waals surface area (Å²) in [7, 11) is 1.47. The third-order valence-electron chi connectivity index (χ3n) is 5.09. The molecule has 0 aromatic carbocycles. The third-order valence-corrected chi connectivity index (χ3v) is 5.09. The van der Waals surface area contributed by atoms with Gasteiger partial charge in [0.15, 0.2) is 5.96 Å². The largest absolute Gasteiger partial charge is 0.469 e. The average molecular weight is 466 g/mol. The summed E-state index contributed by atoms with van der Waals surface area (Å²) in [6.45, 7) is 11.2. The smallest absolute Gasteiger partial charge is 0.310 e. The normalized spacial score (nSPS) is 24.3. The molecule has 0 bridgehead atoms. The van der Waals surface area contributed by atoms with Crippen LogP contribution in [-0.2, 0) is 9.53 Å². The second kappa shape index (κ2) is 11.9. The molecule has 2 atom stereocenters. The molecule has 2 unspecified atom stereocenters. The Kier molecular flexibility index (Phi) is 10.7. The predicted octanol–water partition coefficient (Wildman–Crippen LogP) is 2.19. The summed E-state index contributed by atoms with van der Waals surface area (Å²) in [6, 6.07) is 0. The number of aliphatic imine (C=N–C) groups is 1. The highest BCUT2D eigenvalue weighted by molar-refractivity contribution is 14.0. The number of nitrogens with one attached hydrogen (secondary N) is 1. The maximum atomic E-state index is 11.9. The zero-order chi connectivity index (χ0) is 17.4. The van der Waals surface area contributed by atoms with E-state index in [0.717, 1.165) is 32.0 Å². The Morgan fingerprint density at radius 3 is 2.60 bits per heavy atom. The van der Waals surface area contributed by atoms with Crippen molar-refractivity contribution in [3.05, 3.63) is 0 Å². The lowest BCUT2D eigenvalue weighted by Gasteiger charge is -2.21. The minimum atomic E-state index is -0.105. The number of esters is 1. The summed E-state index contributed by atoms with van der Waals surface area (Å²) in [5.74, 6) is 1.09. The average Bonchev–Trinajstić information content (AvgIpc) is 3.22. The number of likely N-dealkylation sites (tertiary alicyclic amines) is 2. The van der Waals surface area contributed by atoms with Gasteiger partial charge in [-0.2, -0.15) is 0 Å². The van der Waals surface area contributed by atoms with E-state index in [2.05, 4.69) is 29.0 Å². The maximum Gasteiger partial charge on any atom is 0.310 e. The molecule has 0 amide bonds. The highest BCUT2D eigenvalue weighted by Crippen LogP contribution is 2.24. The lowest BCUT2D eigenvalue weighted by atomic mass is 9.99. The highest BCUT2D eigenvalue weighted by atomic mass is 127. The molecule has 1 N–H and O–H groups in total. The number of carbonyl (C=O) groups is 1. The van der Waals surface area contributed by atoms with Crippen LogP contribution in [0, 0.1) is 11.8 Å². The van der Waals surface area contributed by atoms with Gasteiger partial charge in [-0.05, 0) is 58.2 Å². The predicted molar refractivity (Wildman–Crippen MR) is 113 cm³/mol. The van der Waals surface area contributed by atoms with Gasteiger partial charge in [0.05, 0.1) is 13.0 Å². The van der Waals surface area contributed by atoms with E-state index < -0.39 is 0 Å². The van der Waals surface area contributed by atoms with Crippen molar-refractivity contribution in [1.29, 1.82) is 0 Å². The van der Waals surface area contributed by atoms with Crippen LogP contribution in [0.2, 0.25) is 0 Å². The van der Waals surface area contributed by atoms with E-state index in [9.17, 15) is 4.79 Å². The van der Waals surface area contributed by atoms with Gasteiger partial charge in [-0.15, -0.1) is 24.0 Å². The Hall–Kier alpha value is -0.570. The SMILES string of the molecule is CCNC(=NCCCCN1CCCC1)N1CC(C)C(C(=O)OC)C1.I. The van der Waals surface area contributed by atoms with Crippen molar-refractivity contribution in [3.8, 4) is 0 Å². The topological polar surface area (TPSA) is 57.2 Å². The zero-order valence-electron chi connectivity index (χ0n) is 16.0. The maximum absolute atomic E-state index is 11.9. The van der Waals surface area contributed by atoms with Crippen LogP contribution in [0.25, 0.3) is 0 Å². The van der Waals surface area contributed by atoms with Gasteiger partial charge in [-0.25, -0.2) is 0 Å². The molecule has 2 heterocycles. The van der Waals surface area contributed by atoms with E-state index in [4.69, 9.17) is 9.73 Å². The molecule has 0 aromatic heterocycles. The van der Waals surface area contributed by atoms with Gasteiger partial charge in [-0.1, -0.05) is 6.92 Å². The molecule has 2 fully saturated rings. The Morgan fingerprint density at radius 1 is 1.24 bits per heavy atom. The Labute approximate surface area is 169 Å². The molecule has 146 valence electrons. The number of rotatable bonds is 7. The first-order valence-corrected chi connectivity index (χ1v) is 9.49. The van der Waals surface area contributed by atoms with E-state index in [1.807, 2.05) is 0 Å². The van der Waals surface area contributed by atoms with E-state index in [-0.39, 0.29) is 35.9 Å². The van der Waals surface area contributed by atoms with Gasteiger partial charge in [0.1, 0.15) is 0 Å². The molecule has 0 aromatic rings. The lowest BCUT2D eigenvalue weighted by molar-refractivity contribution is -0.145. The van der Waals surface area contributed by atoms with Crippen LogP contribution in [0.3, 0.4) is 0 Å². The van der Waals surface area contributed by atoms with Crippen molar-refractivity contribution >= 4 is 35.9 Å². The van der Waals surface area contributed by atoms with Crippen LogP contribution in [0.15, 0.2) is 4.99 Å². The van der Waals surface area contributed by atoms with Crippen molar-refractivity contribution in [2.45, 2.75) is 39.5 Å². The summed E-state index contributed by atoms with van der Waals surface area (Å²) < 4.78 is 4.92. The van der Waals surface area contributed by atoms with Crippen LogP contribution in [-0.4, -0.2) is 74.7 Å². The van der Waals surface area contributed by atoms with Crippen LogP contribution < -0.4 is 5.32 Å². The van der Waals surface area contributed by atoms with E-state index >= 15 is 0 Å². The molecule has 7 heteroatoms. The monoisotopic (exact) mass is 466 g/mol. The van der Waals surface area contributed by atoms with Crippen molar-refractivity contribution in [2.24, 2.45) is 16.8 Å². The Morgan fingerprint density at radius 2 is 1.96 bits per heavy atom. The Bertz CT molecular complexity index is 427. The van der Waals surface area contributed by atoms with Gasteiger partial charge in [0.25, 0.3) is 0 Å². The van der Waals surface area contributed by atoms with Crippen molar-refractivity contribution in [1.82, 2.24) is 15.1 Å². The van der Waals surface area contributed by atoms with E-state index in [1.54, 1.807) is 0 Å². The first kappa shape index (κ1) is 22.5. The van der Waals surface area contributed by atoms with Gasteiger partial charge in [0.2, 0.25) is 0 Å². The number of halogens is 1. The molecule has 0 spiro atoms. The van der Waals surface area contributed by atoms with E-state index in [0.29, 0.717) is 12.5 Å². The number of carbonyl (C=O) groups excluding carboxylic acids is 1. The Balaban J connectivity index is 0.00000312. The summed E-state index contributed by atoms with van der Waals surface area (Å²) in [5.41, 5.74) is 0. The lowest BCUT2D eigenvalue weighted by Crippen LogP contribution is -2.40. The van der Waals surface area contributed by atoms with Crippen molar-refractivity contribution in [2.75, 3.05) is 52.9 Å². The number of nitrogens with zero attached hydrogens (tertiary/aromatic N) is 3. The van der Waals surface area contributed by atoms with E-state index in [1.165, 1.54) is 46.0 Å². The molecule has 0 radical (unpaired) electrons. The fourth-order valence-electron chi connectivity index (χ4n) is 3.66. The van der Waals surface area contributed by atoms with Crippen LogP contribution in [0.5, 0.6) is 0 Å².